The van der Waals surface area contributed by atoms with Crippen molar-refractivity contribution >= 4 is 11.8 Å². The van der Waals surface area contributed by atoms with Crippen LogP contribution in [0, 0.1) is 0 Å². The number of nitrogens with zero attached hydrogens (tertiary/aromatic N) is 2. The average Bonchev–Trinajstić information content (AvgIpc) is 2.15. The van der Waals surface area contributed by atoms with Gasteiger partial charge in [-0.2, -0.15) is 0 Å². The summed E-state index contributed by atoms with van der Waals surface area (Å²) in [7, 11) is 0. The summed E-state index contributed by atoms with van der Waals surface area (Å²) in [6.45, 7) is 0.399. The van der Waals surface area contributed by atoms with Gasteiger partial charge in [-0.05, 0) is 12.8 Å². The van der Waals surface area contributed by atoms with Gasteiger partial charge in [-0.1, -0.05) is 6.42 Å². The molecule has 0 amide bonds. The summed E-state index contributed by atoms with van der Waals surface area (Å²) in [4.78, 5) is 18.6. The lowest BCUT2D eigenvalue weighted by atomic mass is 9.83. The molecule has 5 nitrogen and oxygen atoms in total. The fraction of sp³-hybridized carbons (Fsp3) is 0.545. The summed E-state index contributed by atoms with van der Waals surface area (Å²) < 4.78 is 0. The van der Waals surface area contributed by atoms with Crippen LogP contribution in [0.4, 0.5) is 5.82 Å². The Hall–Kier alpha value is -1.65. The highest BCUT2D eigenvalue weighted by Crippen LogP contribution is 2.35. The zero-order chi connectivity index (χ0) is 11.4. The van der Waals surface area contributed by atoms with Crippen LogP contribution in [0.5, 0.6) is 0 Å². The molecule has 5 heteroatoms. The summed E-state index contributed by atoms with van der Waals surface area (Å²) in [6.07, 6.45) is 5.31. The summed E-state index contributed by atoms with van der Waals surface area (Å²) in [5, 5.41) is 11.5. The first-order valence-electron chi connectivity index (χ1n) is 5.53. The number of aromatic nitrogens is 2. The molecule has 0 aliphatic heterocycles. The van der Waals surface area contributed by atoms with Crippen LogP contribution in [0.1, 0.15) is 37.3 Å². The molecular formula is C11H15N3O2. The molecule has 1 heterocycles. The summed E-state index contributed by atoms with van der Waals surface area (Å²) in [6, 6.07) is 1.92. The fourth-order valence-corrected chi connectivity index (χ4v) is 1.69. The second-order valence-corrected chi connectivity index (χ2v) is 4.03. The number of nitrogens with one attached hydrogen (secondary N) is 1. The van der Waals surface area contributed by atoms with Crippen molar-refractivity contribution < 1.29 is 9.90 Å². The smallest absolute Gasteiger partial charge is 0.305 e. The number of carbonyl (C=O) groups is 1. The highest BCUT2D eigenvalue weighted by molar-refractivity contribution is 5.67. The van der Waals surface area contributed by atoms with E-state index in [1.54, 1.807) is 0 Å². The van der Waals surface area contributed by atoms with Crippen molar-refractivity contribution in [2.45, 2.75) is 31.6 Å². The molecule has 0 atom stereocenters. The molecule has 0 unspecified atom stereocenters. The molecule has 1 aliphatic carbocycles. The van der Waals surface area contributed by atoms with Gasteiger partial charge in [0.25, 0.3) is 0 Å². The van der Waals surface area contributed by atoms with E-state index in [0.29, 0.717) is 12.5 Å². The monoisotopic (exact) mass is 221 g/mol. The third-order valence-corrected chi connectivity index (χ3v) is 2.86. The second kappa shape index (κ2) is 4.92. The number of anilines is 1. The van der Waals surface area contributed by atoms with E-state index in [1.165, 1.54) is 25.6 Å². The van der Waals surface area contributed by atoms with Crippen molar-refractivity contribution in [3.05, 3.63) is 18.1 Å². The van der Waals surface area contributed by atoms with Crippen LogP contribution in [0.2, 0.25) is 0 Å². The van der Waals surface area contributed by atoms with E-state index in [4.69, 9.17) is 5.11 Å². The van der Waals surface area contributed by atoms with Crippen LogP contribution < -0.4 is 5.32 Å². The van der Waals surface area contributed by atoms with Gasteiger partial charge in [-0.3, -0.25) is 4.79 Å². The Morgan fingerprint density at radius 2 is 2.31 bits per heavy atom. The molecular weight excluding hydrogens is 206 g/mol. The number of hydrogen-bond acceptors (Lipinski definition) is 4. The Morgan fingerprint density at radius 1 is 1.50 bits per heavy atom. The minimum absolute atomic E-state index is 0.1000. The predicted octanol–water partition coefficient (Wildman–Crippen LogP) is 1.63. The molecule has 2 N–H and O–H groups in total. The van der Waals surface area contributed by atoms with Crippen LogP contribution in [0.15, 0.2) is 12.4 Å². The van der Waals surface area contributed by atoms with Gasteiger partial charge >= 0.3 is 5.97 Å². The maximum atomic E-state index is 10.3. The third kappa shape index (κ3) is 2.68. The molecule has 1 saturated carbocycles. The molecule has 0 spiro atoms. The maximum Gasteiger partial charge on any atom is 0.305 e. The number of carboxylic acid groups (broad SMARTS) is 1. The van der Waals surface area contributed by atoms with Gasteiger partial charge in [-0.25, -0.2) is 9.97 Å². The second-order valence-electron chi connectivity index (χ2n) is 4.03. The standard InChI is InChI=1S/C11H15N3O2/c15-11(16)4-5-12-10-6-9(13-7-14-10)8-2-1-3-8/h6-8H,1-5H2,(H,15,16)(H,12,13,14). The molecule has 16 heavy (non-hydrogen) atoms. The Bertz CT molecular complexity index is 377. The molecule has 0 saturated heterocycles. The van der Waals surface area contributed by atoms with E-state index < -0.39 is 5.97 Å². The summed E-state index contributed by atoms with van der Waals surface area (Å²) in [5.74, 6) is 0.488. The first-order valence-corrected chi connectivity index (χ1v) is 5.53. The average molecular weight is 221 g/mol. The maximum absolute atomic E-state index is 10.3. The molecule has 1 fully saturated rings. The summed E-state index contributed by atoms with van der Waals surface area (Å²) in [5.41, 5.74) is 1.07. The van der Waals surface area contributed by atoms with Crippen LogP contribution in [-0.2, 0) is 4.79 Å². The van der Waals surface area contributed by atoms with Crippen LogP contribution in [-0.4, -0.2) is 27.6 Å². The normalized spacial score (nSPS) is 15.5. The Balaban J connectivity index is 1.91. The first kappa shape index (κ1) is 10.9. The summed E-state index contributed by atoms with van der Waals surface area (Å²) >= 11 is 0. The molecule has 1 aromatic rings. The number of hydrogen-bond donors (Lipinski definition) is 2. The van der Waals surface area contributed by atoms with Gasteiger partial charge < -0.3 is 10.4 Å². The number of aliphatic carboxylic acids is 1. The molecule has 1 aliphatic rings. The third-order valence-electron chi connectivity index (χ3n) is 2.86. The Labute approximate surface area is 93.9 Å². The minimum atomic E-state index is -0.805. The zero-order valence-corrected chi connectivity index (χ0v) is 9.02. The van der Waals surface area contributed by atoms with E-state index in [9.17, 15) is 4.79 Å². The lowest BCUT2D eigenvalue weighted by Crippen LogP contribution is -2.13. The van der Waals surface area contributed by atoms with Gasteiger partial charge in [0.05, 0.1) is 6.42 Å². The minimum Gasteiger partial charge on any atom is -0.481 e. The SMILES string of the molecule is O=C(O)CCNc1cc(C2CCC2)ncn1. The number of rotatable bonds is 5. The van der Waals surface area contributed by atoms with Gasteiger partial charge in [0.1, 0.15) is 12.1 Å². The Kier molecular flexibility index (Phi) is 3.34. The molecule has 2 rings (SSSR count). The van der Waals surface area contributed by atoms with E-state index in [0.717, 1.165) is 11.5 Å². The molecule has 0 radical (unpaired) electrons. The molecule has 0 aromatic carbocycles. The fourth-order valence-electron chi connectivity index (χ4n) is 1.69. The van der Waals surface area contributed by atoms with Gasteiger partial charge in [0.15, 0.2) is 0 Å². The van der Waals surface area contributed by atoms with E-state index >= 15 is 0 Å². The van der Waals surface area contributed by atoms with Crippen molar-refractivity contribution in [2.75, 3.05) is 11.9 Å². The predicted molar refractivity (Wildman–Crippen MR) is 59.4 cm³/mol. The van der Waals surface area contributed by atoms with Gasteiger partial charge in [-0.15, -0.1) is 0 Å². The highest BCUT2D eigenvalue weighted by Gasteiger charge is 2.20. The van der Waals surface area contributed by atoms with Crippen molar-refractivity contribution in [1.29, 1.82) is 0 Å². The molecule has 1 aromatic heterocycles. The van der Waals surface area contributed by atoms with E-state index in [1.807, 2.05) is 6.07 Å². The largest absolute Gasteiger partial charge is 0.481 e. The van der Waals surface area contributed by atoms with Crippen LogP contribution >= 0.6 is 0 Å². The molecule has 86 valence electrons. The van der Waals surface area contributed by atoms with Crippen molar-refractivity contribution in [1.82, 2.24) is 9.97 Å². The lowest BCUT2D eigenvalue weighted by Gasteiger charge is -2.24. The van der Waals surface area contributed by atoms with Crippen molar-refractivity contribution in [2.24, 2.45) is 0 Å². The number of carboxylic acids is 1. The van der Waals surface area contributed by atoms with Crippen LogP contribution in [0.3, 0.4) is 0 Å². The van der Waals surface area contributed by atoms with Gasteiger partial charge in [0.2, 0.25) is 0 Å². The van der Waals surface area contributed by atoms with Crippen molar-refractivity contribution in [3.8, 4) is 0 Å². The quantitative estimate of drug-likeness (QED) is 0.790. The topological polar surface area (TPSA) is 75.1 Å². The first-order chi connectivity index (χ1) is 7.75. The Morgan fingerprint density at radius 3 is 2.94 bits per heavy atom. The van der Waals surface area contributed by atoms with Gasteiger partial charge in [0, 0.05) is 24.2 Å². The van der Waals surface area contributed by atoms with E-state index in [-0.39, 0.29) is 6.42 Å². The zero-order valence-electron chi connectivity index (χ0n) is 9.02. The molecule has 0 bridgehead atoms. The highest BCUT2D eigenvalue weighted by atomic mass is 16.4. The van der Waals surface area contributed by atoms with E-state index in [2.05, 4.69) is 15.3 Å². The van der Waals surface area contributed by atoms with Crippen LogP contribution in [0.25, 0.3) is 0 Å². The lowest BCUT2D eigenvalue weighted by molar-refractivity contribution is -0.136. The van der Waals surface area contributed by atoms with Crippen molar-refractivity contribution in [3.63, 3.8) is 0 Å².